The van der Waals surface area contributed by atoms with Crippen molar-refractivity contribution in [2.24, 2.45) is 0 Å². The number of hydrogen-bond acceptors (Lipinski definition) is 4. The molecule has 1 atom stereocenters. The fourth-order valence-electron chi connectivity index (χ4n) is 3.93. The quantitative estimate of drug-likeness (QED) is 0.843. The van der Waals surface area contributed by atoms with Gasteiger partial charge in [0.1, 0.15) is 0 Å². The molecule has 6 heteroatoms. The van der Waals surface area contributed by atoms with Crippen LogP contribution in [0, 0.1) is 0 Å². The molecule has 1 aliphatic carbocycles. The van der Waals surface area contributed by atoms with Crippen molar-refractivity contribution in [1.29, 1.82) is 0 Å². The Bertz CT molecular complexity index is 735. The highest BCUT2D eigenvalue weighted by Crippen LogP contribution is 2.28. The van der Waals surface area contributed by atoms with Crippen molar-refractivity contribution in [3.8, 4) is 0 Å². The van der Waals surface area contributed by atoms with Crippen molar-refractivity contribution in [2.75, 3.05) is 13.1 Å². The second-order valence-electron chi connectivity index (χ2n) is 7.04. The second-order valence-corrected chi connectivity index (χ2v) is 7.04. The van der Waals surface area contributed by atoms with Gasteiger partial charge in [-0.15, -0.1) is 5.10 Å². The third-order valence-corrected chi connectivity index (χ3v) is 5.35. The van der Waals surface area contributed by atoms with Gasteiger partial charge in [0.05, 0.1) is 18.3 Å². The Balaban J connectivity index is 1.48. The Hall–Kier alpha value is -2.21. The summed E-state index contributed by atoms with van der Waals surface area (Å²) in [4.78, 5) is 12.7. The molecule has 1 fully saturated rings. The van der Waals surface area contributed by atoms with Crippen molar-refractivity contribution in [3.05, 3.63) is 47.3 Å². The van der Waals surface area contributed by atoms with Crippen LogP contribution in [0.2, 0.25) is 0 Å². The third kappa shape index (κ3) is 3.58. The lowest BCUT2D eigenvalue weighted by atomic mass is 9.99. The minimum Gasteiger partial charge on any atom is -0.344 e. The SMILES string of the molecule is O=C(N[C@@H]1CCCCc2ccccc21)c1cn(C2CCNCC2)nn1. The number of hydrogen-bond donors (Lipinski definition) is 2. The summed E-state index contributed by atoms with van der Waals surface area (Å²) in [5.74, 6) is -0.123. The minimum absolute atomic E-state index is 0.0650. The van der Waals surface area contributed by atoms with Gasteiger partial charge in [-0.3, -0.25) is 4.79 Å². The lowest BCUT2D eigenvalue weighted by molar-refractivity contribution is 0.0929. The van der Waals surface area contributed by atoms with Crippen molar-refractivity contribution >= 4 is 5.91 Å². The highest BCUT2D eigenvalue weighted by atomic mass is 16.2. The number of piperidine rings is 1. The molecule has 2 N–H and O–H groups in total. The lowest BCUT2D eigenvalue weighted by Gasteiger charge is -2.22. The molecule has 1 saturated heterocycles. The van der Waals surface area contributed by atoms with Crippen LogP contribution in [0.3, 0.4) is 0 Å². The lowest BCUT2D eigenvalue weighted by Crippen LogP contribution is -2.30. The Morgan fingerprint density at radius 3 is 2.88 bits per heavy atom. The summed E-state index contributed by atoms with van der Waals surface area (Å²) >= 11 is 0. The molecule has 1 aromatic heterocycles. The van der Waals surface area contributed by atoms with Crippen LogP contribution in [0.5, 0.6) is 0 Å². The number of fused-ring (bicyclic) bond motifs is 1. The van der Waals surface area contributed by atoms with E-state index in [1.807, 2.05) is 4.68 Å². The summed E-state index contributed by atoms with van der Waals surface area (Å²) in [5, 5.41) is 14.8. The zero-order valence-electron chi connectivity index (χ0n) is 14.4. The van der Waals surface area contributed by atoms with Crippen LogP contribution in [-0.4, -0.2) is 34.0 Å². The van der Waals surface area contributed by atoms with E-state index in [9.17, 15) is 4.79 Å². The highest BCUT2D eigenvalue weighted by Gasteiger charge is 2.23. The first-order chi connectivity index (χ1) is 12.3. The molecule has 6 nitrogen and oxygen atoms in total. The Morgan fingerprint density at radius 1 is 1.16 bits per heavy atom. The molecule has 4 rings (SSSR count). The maximum atomic E-state index is 12.7. The van der Waals surface area contributed by atoms with E-state index >= 15 is 0 Å². The Morgan fingerprint density at radius 2 is 2.00 bits per heavy atom. The first-order valence-corrected chi connectivity index (χ1v) is 9.32. The van der Waals surface area contributed by atoms with Crippen molar-refractivity contribution in [1.82, 2.24) is 25.6 Å². The number of nitrogens with zero attached hydrogens (tertiary/aromatic N) is 3. The van der Waals surface area contributed by atoms with Gasteiger partial charge >= 0.3 is 0 Å². The number of carbonyl (C=O) groups excluding carboxylic acids is 1. The van der Waals surface area contributed by atoms with Crippen molar-refractivity contribution in [3.63, 3.8) is 0 Å². The van der Waals surface area contributed by atoms with Crippen molar-refractivity contribution in [2.45, 2.75) is 50.6 Å². The molecule has 0 unspecified atom stereocenters. The largest absolute Gasteiger partial charge is 0.344 e. The average molecular weight is 339 g/mol. The number of aromatic nitrogens is 3. The molecule has 0 spiro atoms. The molecule has 2 aromatic rings. The van der Waals surface area contributed by atoms with Gasteiger partial charge in [-0.2, -0.15) is 0 Å². The highest BCUT2D eigenvalue weighted by molar-refractivity contribution is 5.92. The van der Waals surface area contributed by atoms with Gasteiger partial charge in [-0.1, -0.05) is 35.9 Å². The van der Waals surface area contributed by atoms with E-state index < -0.39 is 0 Å². The summed E-state index contributed by atoms with van der Waals surface area (Å²) in [6.07, 6.45) is 8.23. The van der Waals surface area contributed by atoms with Gasteiger partial charge in [-0.25, -0.2) is 4.68 Å². The van der Waals surface area contributed by atoms with Gasteiger partial charge < -0.3 is 10.6 Å². The Labute approximate surface area is 148 Å². The van der Waals surface area contributed by atoms with Crippen LogP contribution in [0.1, 0.15) is 65.8 Å². The van der Waals surface area contributed by atoms with E-state index in [0.717, 1.165) is 45.2 Å². The van der Waals surface area contributed by atoms with Crippen LogP contribution in [0.25, 0.3) is 0 Å². The smallest absolute Gasteiger partial charge is 0.273 e. The molecule has 0 saturated carbocycles. The molecule has 1 aromatic carbocycles. The number of aryl methyl sites for hydroxylation is 1. The summed E-state index contributed by atoms with van der Waals surface area (Å²) in [6.45, 7) is 1.98. The summed E-state index contributed by atoms with van der Waals surface area (Å²) in [7, 11) is 0. The number of nitrogens with one attached hydrogen (secondary N) is 2. The van der Waals surface area contributed by atoms with Crippen LogP contribution < -0.4 is 10.6 Å². The van der Waals surface area contributed by atoms with Crippen LogP contribution in [0.15, 0.2) is 30.5 Å². The van der Waals surface area contributed by atoms with Gasteiger partial charge in [-0.05, 0) is 56.3 Å². The minimum atomic E-state index is -0.123. The summed E-state index contributed by atoms with van der Waals surface area (Å²) in [5.41, 5.74) is 3.02. The molecule has 1 amide bonds. The van der Waals surface area contributed by atoms with E-state index in [1.165, 1.54) is 17.5 Å². The zero-order valence-corrected chi connectivity index (χ0v) is 14.4. The molecule has 2 aliphatic rings. The van der Waals surface area contributed by atoms with E-state index in [0.29, 0.717) is 11.7 Å². The molecular weight excluding hydrogens is 314 g/mol. The van der Waals surface area contributed by atoms with Crippen LogP contribution in [0.4, 0.5) is 0 Å². The summed E-state index contributed by atoms with van der Waals surface area (Å²) < 4.78 is 1.86. The number of rotatable bonds is 3. The molecule has 0 radical (unpaired) electrons. The standard InChI is InChI=1S/C19H25N5O/c25-19(18-13-24(23-22-18)15-9-11-20-12-10-15)21-17-8-4-2-6-14-5-1-3-7-16(14)17/h1,3,5,7,13,15,17,20H,2,4,6,8-12H2,(H,21,25)/t17-/m1/s1. The normalized spacial score (nSPS) is 21.4. The zero-order chi connectivity index (χ0) is 17.1. The van der Waals surface area contributed by atoms with E-state index in [2.05, 4.69) is 45.2 Å². The van der Waals surface area contributed by atoms with E-state index in [1.54, 1.807) is 6.20 Å². The topological polar surface area (TPSA) is 71.8 Å². The average Bonchev–Trinajstić information content (AvgIpc) is 3.07. The molecular formula is C19H25N5O. The predicted molar refractivity (Wildman–Crippen MR) is 95.4 cm³/mol. The van der Waals surface area contributed by atoms with Crippen molar-refractivity contribution < 1.29 is 4.79 Å². The number of carbonyl (C=O) groups is 1. The fourth-order valence-corrected chi connectivity index (χ4v) is 3.93. The van der Waals surface area contributed by atoms with Crippen LogP contribution in [-0.2, 0) is 6.42 Å². The van der Waals surface area contributed by atoms with Gasteiger partial charge in [0.2, 0.25) is 0 Å². The first-order valence-electron chi connectivity index (χ1n) is 9.32. The third-order valence-electron chi connectivity index (χ3n) is 5.35. The predicted octanol–water partition coefficient (Wildman–Crippen LogP) is 2.40. The molecule has 0 bridgehead atoms. The van der Waals surface area contributed by atoms with Gasteiger partial charge in [0.15, 0.2) is 5.69 Å². The fraction of sp³-hybridized carbons (Fsp3) is 0.526. The maximum Gasteiger partial charge on any atom is 0.273 e. The van der Waals surface area contributed by atoms with Crippen LogP contribution >= 0.6 is 0 Å². The molecule has 132 valence electrons. The molecule has 2 heterocycles. The molecule has 1 aliphatic heterocycles. The number of benzene rings is 1. The molecule has 25 heavy (non-hydrogen) atoms. The first kappa shape index (κ1) is 16.3. The monoisotopic (exact) mass is 339 g/mol. The van der Waals surface area contributed by atoms with E-state index in [-0.39, 0.29) is 11.9 Å². The van der Waals surface area contributed by atoms with E-state index in [4.69, 9.17) is 0 Å². The van der Waals surface area contributed by atoms with Gasteiger partial charge in [0, 0.05) is 0 Å². The second kappa shape index (κ2) is 7.35. The van der Waals surface area contributed by atoms with Gasteiger partial charge in [0.25, 0.3) is 5.91 Å². The Kier molecular flexibility index (Phi) is 4.78. The number of amides is 1. The summed E-state index contributed by atoms with van der Waals surface area (Å²) in [6, 6.07) is 8.85. The maximum absolute atomic E-state index is 12.7.